The molecule has 1 aliphatic rings. The molecule has 7 nitrogen and oxygen atoms in total. The quantitative estimate of drug-likeness (QED) is 0.414. The molecule has 1 aliphatic heterocycles. The van der Waals surface area contributed by atoms with Crippen LogP contribution in [0.1, 0.15) is 5.56 Å². The van der Waals surface area contributed by atoms with Crippen LogP contribution in [-0.4, -0.2) is 34.9 Å². The van der Waals surface area contributed by atoms with E-state index >= 15 is 0 Å². The lowest BCUT2D eigenvalue weighted by molar-refractivity contribution is -0.140. The normalized spacial score (nSPS) is 15.6. The van der Waals surface area contributed by atoms with Crippen LogP contribution in [0.15, 0.2) is 24.3 Å². The van der Waals surface area contributed by atoms with Crippen molar-refractivity contribution in [2.75, 3.05) is 7.11 Å². The number of phenols is 1. The Kier molecular flexibility index (Phi) is 4.52. The lowest BCUT2D eigenvalue weighted by Gasteiger charge is -2.20. The maximum atomic E-state index is 12.0. The third-order valence-corrected chi connectivity index (χ3v) is 3.13. The molecule has 0 unspecified atom stereocenters. The molecule has 1 heterocycles. The molecule has 2 amide bonds. The number of allylic oxidation sites excluding steroid dienone is 1. The molecular weight excluding hydrogens is 308 g/mol. The zero-order chi connectivity index (χ0) is 16.3. The number of benzene rings is 1. The number of ether oxygens (including phenoxy) is 1. The van der Waals surface area contributed by atoms with E-state index in [1.54, 1.807) is 6.07 Å². The van der Waals surface area contributed by atoms with Crippen molar-refractivity contribution in [2.24, 2.45) is 5.92 Å². The number of hydrogen-bond acceptors (Lipinski definition) is 6. The van der Waals surface area contributed by atoms with Gasteiger partial charge in [0, 0.05) is 0 Å². The summed E-state index contributed by atoms with van der Waals surface area (Å²) in [6.45, 7) is 0. The molecule has 3 N–H and O–H groups in total. The number of amides is 2. The lowest BCUT2D eigenvalue weighted by Crippen LogP contribution is -2.57. The first-order chi connectivity index (χ1) is 10.4. The lowest BCUT2D eigenvalue weighted by atomic mass is 9.99. The van der Waals surface area contributed by atoms with Gasteiger partial charge in [0.15, 0.2) is 28.3 Å². The van der Waals surface area contributed by atoms with E-state index < -0.39 is 23.5 Å². The van der Waals surface area contributed by atoms with Gasteiger partial charge >= 0.3 is 0 Å². The summed E-state index contributed by atoms with van der Waals surface area (Å²) >= 11 is 4.65. The summed E-state index contributed by atoms with van der Waals surface area (Å²) in [5, 5.41) is 13.8. The molecule has 114 valence electrons. The van der Waals surface area contributed by atoms with Gasteiger partial charge in [-0.3, -0.25) is 14.4 Å². The Morgan fingerprint density at radius 3 is 2.55 bits per heavy atom. The number of carbonyl (C=O) groups excluding carboxylic acids is 3. The van der Waals surface area contributed by atoms with Crippen LogP contribution in [0.25, 0.3) is 6.08 Å². The summed E-state index contributed by atoms with van der Waals surface area (Å²) in [4.78, 5) is 35.3. The van der Waals surface area contributed by atoms with Crippen LogP contribution in [-0.2, 0) is 14.4 Å². The van der Waals surface area contributed by atoms with Gasteiger partial charge in [-0.1, -0.05) is 12.1 Å². The van der Waals surface area contributed by atoms with Crippen molar-refractivity contribution in [1.82, 2.24) is 10.6 Å². The Morgan fingerprint density at radius 2 is 1.95 bits per heavy atom. The second-order valence-electron chi connectivity index (χ2n) is 4.41. The van der Waals surface area contributed by atoms with E-state index in [9.17, 15) is 19.5 Å². The predicted octanol–water partition coefficient (Wildman–Crippen LogP) is 0.130. The van der Waals surface area contributed by atoms with Crippen molar-refractivity contribution >= 4 is 41.0 Å². The minimum Gasteiger partial charge on any atom is -0.504 e. The topological polar surface area (TPSA) is 105 Å². The number of carbonyl (C=O) groups is 3. The zero-order valence-corrected chi connectivity index (χ0v) is 12.3. The number of methoxy groups -OCH3 is 1. The second kappa shape index (κ2) is 6.35. The maximum Gasteiger partial charge on any atom is 0.246 e. The fourth-order valence-corrected chi connectivity index (χ4v) is 2.05. The first-order valence-electron chi connectivity index (χ1n) is 6.17. The molecule has 1 aromatic carbocycles. The zero-order valence-electron chi connectivity index (χ0n) is 11.5. The van der Waals surface area contributed by atoms with E-state index in [0.717, 1.165) is 6.08 Å². The van der Waals surface area contributed by atoms with E-state index in [0.29, 0.717) is 5.56 Å². The molecule has 8 heteroatoms. The fraction of sp³-hybridized carbons (Fsp3) is 0.143. The van der Waals surface area contributed by atoms with Crippen LogP contribution in [0.4, 0.5) is 0 Å². The molecular formula is C14H12N2O5S. The smallest absolute Gasteiger partial charge is 0.246 e. The van der Waals surface area contributed by atoms with Gasteiger partial charge in [0.2, 0.25) is 11.8 Å². The molecule has 2 rings (SSSR count). The summed E-state index contributed by atoms with van der Waals surface area (Å²) in [5.41, 5.74) is 0.565. The van der Waals surface area contributed by atoms with Gasteiger partial charge < -0.3 is 20.5 Å². The first kappa shape index (κ1) is 15.6. The largest absolute Gasteiger partial charge is 0.504 e. The fourth-order valence-electron chi connectivity index (χ4n) is 1.85. The van der Waals surface area contributed by atoms with Crippen LogP contribution >= 0.6 is 12.2 Å². The Morgan fingerprint density at radius 1 is 1.32 bits per heavy atom. The molecule has 0 atom stereocenters. The van der Waals surface area contributed by atoms with Crippen LogP contribution in [0.5, 0.6) is 11.5 Å². The molecule has 0 aliphatic carbocycles. The highest BCUT2D eigenvalue weighted by atomic mass is 32.1. The van der Waals surface area contributed by atoms with E-state index in [1.165, 1.54) is 25.3 Å². The van der Waals surface area contributed by atoms with E-state index in [1.807, 2.05) is 0 Å². The van der Waals surface area contributed by atoms with Gasteiger partial charge in [-0.2, -0.15) is 0 Å². The highest BCUT2D eigenvalue weighted by molar-refractivity contribution is 7.80. The molecule has 1 saturated heterocycles. The number of thiocarbonyl (C=S) groups is 1. The summed E-state index contributed by atoms with van der Waals surface area (Å²) in [6.07, 6.45) is 2.53. The van der Waals surface area contributed by atoms with Gasteiger partial charge in [-0.15, -0.1) is 0 Å². The monoisotopic (exact) mass is 320 g/mol. The Balaban J connectivity index is 2.16. The Hall–Kier alpha value is -2.74. The molecule has 22 heavy (non-hydrogen) atoms. The van der Waals surface area contributed by atoms with Crippen molar-refractivity contribution in [2.45, 2.75) is 0 Å². The van der Waals surface area contributed by atoms with Crippen molar-refractivity contribution in [3.8, 4) is 11.5 Å². The third kappa shape index (κ3) is 3.29. The molecule has 0 saturated carbocycles. The summed E-state index contributed by atoms with van der Waals surface area (Å²) in [7, 11) is 1.40. The standard InChI is InChI=1S/C14H12N2O5S/c1-21-10-6-7(2-4-8(10)17)3-5-9(18)11-12(19)15-14(22)16-13(11)20/h2-6,11,17H,1H3,(H2,15,16,19,20,22)/b5-3+. The van der Waals surface area contributed by atoms with Crippen LogP contribution < -0.4 is 15.4 Å². The van der Waals surface area contributed by atoms with Crippen molar-refractivity contribution in [1.29, 1.82) is 0 Å². The summed E-state index contributed by atoms with van der Waals surface area (Å²) in [5.74, 6) is -3.46. The summed E-state index contributed by atoms with van der Waals surface area (Å²) < 4.78 is 4.94. The van der Waals surface area contributed by atoms with Gasteiger partial charge in [0.1, 0.15) is 0 Å². The molecule has 0 radical (unpaired) electrons. The number of phenolic OH excluding ortho intramolecular Hbond substituents is 1. The summed E-state index contributed by atoms with van der Waals surface area (Å²) in [6, 6.07) is 4.47. The van der Waals surface area contributed by atoms with Crippen LogP contribution in [0.2, 0.25) is 0 Å². The van der Waals surface area contributed by atoms with E-state index in [4.69, 9.17) is 4.74 Å². The maximum absolute atomic E-state index is 12.0. The van der Waals surface area contributed by atoms with Crippen LogP contribution in [0, 0.1) is 5.92 Å². The average Bonchev–Trinajstić information content (AvgIpc) is 2.45. The first-order valence-corrected chi connectivity index (χ1v) is 6.58. The minimum absolute atomic E-state index is 0.0366. The predicted molar refractivity (Wildman–Crippen MR) is 81.1 cm³/mol. The SMILES string of the molecule is COc1cc(/C=C/C(=O)C2C(=O)NC(=S)NC2=O)ccc1O. The number of ketones is 1. The number of rotatable bonds is 4. The molecule has 0 spiro atoms. The van der Waals surface area contributed by atoms with E-state index in [2.05, 4.69) is 22.9 Å². The minimum atomic E-state index is -1.47. The highest BCUT2D eigenvalue weighted by Crippen LogP contribution is 2.26. The molecule has 0 bridgehead atoms. The Labute approximate surface area is 131 Å². The number of aromatic hydroxyl groups is 1. The molecule has 0 aromatic heterocycles. The van der Waals surface area contributed by atoms with Crippen LogP contribution in [0.3, 0.4) is 0 Å². The highest BCUT2D eigenvalue weighted by Gasteiger charge is 2.37. The third-order valence-electron chi connectivity index (χ3n) is 2.93. The Bertz CT molecular complexity index is 678. The number of hydrogen-bond donors (Lipinski definition) is 3. The molecule has 1 aromatic rings. The van der Waals surface area contributed by atoms with Crippen molar-refractivity contribution in [3.63, 3.8) is 0 Å². The van der Waals surface area contributed by atoms with Crippen molar-refractivity contribution < 1.29 is 24.2 Å². The number of nitrogens with one attached hydrogen (secondary N) is 2. The molecule has 1 fully saturated rings. The second-order valence-corrected chi connectivity index (χ2v) is 4.82. The van der Waals surface area contributed by atoms with E-state index in [-0.39, 0.29) is 16.6 Å². The van der Waals surface area contributed by atoms with Crippen molar-refractivity contribution in [3.05, 3.63) is 29.8 Å². The van der Waals surface area contributed by atoms with Gasteiger partial charge in [0.25, 0.3) is 0 Å². The van der Waals surface area contributed by atoms with Gasteiger partial charge in [0.05, 0.1) is 7.11 Å². The van der Waals surface area contributed by atoms with Gasteiger partial charge in [-0.05, 0) is 36.0 Å². The van der Waals surface area contributed by atoms with Gasteiger partial charge in [-0.25, -0.2) is 0 Å². The average molecular weight is 320 g/mol.